The number of hydrogen-bond acceptors (Lipinski definition) is 5. The fraction of sp³-hybridized carbons (Fsp3) is 0.571. The summed E-state index contributed by atoms with van der Waals surface area (Å²) in [6.07, 6.45) is 5.14. The van der Waals surface area contributed by atoms with E-state index in [1.165, 1.54) is 24.1 Å². The molecule has 0 aliphatic heterocycles. The zero-order valence-electron chi connectivity index (χ0n) is 11.3. The molecule has 1 aliphatic carbocycles. The molecule has 0 spiro atoms. The molecule has 2 N–H and O–H groups in total. The van der Waals surface area contributed by atoms with Crippen LogP contribution in [0.15, 0.2) is 6.07 Å². The Bertz CT molecular complexity index is 596. The van der Waals surface area contributed by atoms with E-state index in [9.17, 15) is 0 Å². The number of aryl methyl sites for hydroxylation is 1. The Hall–Kier alpha value is -1.36. The first kappa shape index (κ1) is 12.7. The van der Waals surface area contributed by atoms with Gasteiger partial charge in [-0.05, 0) is 38.2 Å². The second-order valence-electron chi connectivity index (χ2n) is 5.38. The molecular weight excluding hydrogens is 258 g/mol. The molecule has 0 saturated heterocycles. The van der Waals surface area contributed by atoms with E-state index < -0.39 is 0 Å². The first-order valence-corrected chi connectivity index (χ1v) is 7.65. The highest BCUT2D eigenvalue weighted by atomic mass is 32.1. The van der Waals surface area contributed by atoms with Gasteiger partial charge in [-0.2, -0.15) is 4.98 Å². The fourth-order valence-electron chi connectivity index (χ4n) is 2.72. The lowest BCUT2D eigenvalue weighted by Gasteiger charge is -2.28. The van der Waals surface area contributed by atoms with E-state index in [-0.39, 0.29) is 6.10 Å². The normalized spacial score (nSPS) is 23.7. The number of rotatable bonds is 2. The third kappa shape index (κ3) is 2.52. The van der Waals surface area contributed by atoms with Crippen molar-refractivity contribution in [2.45, 2.75) is 45.6 Å². The van der Waals surface area contributed by atoms with Crippen molar-refractivity contribution in [3.63, 3.8) is 0 Å². The molecular formula is C14H19N3OS. The van der Waals surface area contributed by atoms with Crippen molar-refractivity contribution in [3.05, 3.63) is 10.9 Å². The number of hydrogen-bond donors (Lipinski definition) is 1. The second kappa shape index (κ2) is 4.96. The minimum atomic E-state index is 0.256. The molecule has 102 valence electrons. The Morgan fingerprint density at radius 1 is 1.32 bits per heavy atom. The van der Waals surface area contributed by atoms with Crippen LogP contribution in [0.4, 0.5) is 5.95 Å². The van der Waals surface area contributed by atoms with Gasteiger partial charge in [-0.1, -0.05) is 13.3 Å². The van der Waals surface area contributed by atoms with Gasteiger partial charge in [-0.15, -0.1) is 11.3 Å². The Balaban J connectivity index is 1.95. The van der Waals surface area contributed by atoms with Gasteiger partial charge in [0.05, 0.1) is 5.39 Å². The van der Waals surface area contributed by atoms with Crippen molar-refractivity contribution >= 4 is 27.5 Å². The molecule has 1 saturated carbocycles. The summed E-state index contributed by atoms with van der Waals surface area (Å²) in [4.78, 5) is 10.7. The predicted octanol–water partition coefficient (Wildman–Crippen LogP) is 3.54. The second-order valence-corrected chi connectivity index (χ2v) is 6.62. The summed E-state index contributed by atoms with van der Waals surface area (Å²) in [6, 6.07) is 2.09. The van der Waals surface area contributed by atoms with Crippen molar-refractivity contribution in [1.29, 1.82) is 0 Å². The molecule has 4 nitrogen and oxygen atoms in total. The number of anilines is 1. The minimum Gasteiger partial charge on any atom is -0.473 e. The molecule has 5 heteroatoms. The summed E-state index contributed by atoms with van der Waals surface area (Å²) in [5.41, 5.74) is 5.78. The zero-order chi connectivity index (χ0) is 13.4. The summed E-state index contributed by atoms with van der Waals surface area (Å²) in [5.74, 6) is 1.54. The van der Waals surface area contributed by atoms with E-state index >= 15 is 0 Å². The first-order chi connectivity index (χ1) is 9.13. The quantitative estimate of drug-likeness (QED) is 0.912. The lowest BCUT2D eigenvalue weighted by atomic mass is 9.88. The highest BCUT2D eigenvalue weighted by molar-refractivity contribution is 7.18. The van der Waals surface area contributed by atoms with Gasteiger partial charge in [-0.25, -0.2) is 4.98 Å². The van der Waals surface area contributed by atoms with Crippen LogP contribution in [0.2, 0.25) is 0 Å². The molecule has 3 rings (SSSR count). The van der Waals surface area contributed by atoms with Crippen LogP contribution >= 0.6 is 11.3 Å². The third-order valence-electron chi connectivity index (χ3n) is 3.79. The van der Waals surface area contributed by atoms with Crippen molar-refractivity contribution in [2.24, 2.45) is 5.92 Å². The Morgan fingerprint density at radius 3 is 2.89 bits per heavy atom. The van der Waals surface area contributed by atoms with Crippen molar-refractivity contribution in [1.82, 2.24) is 9.97 Å². The summed E-state index contributed by atoms with van der Waals surface area (Å²) < 4.78 is 6.15. The molecule has 2 atom stereocenters. The van der Waals surface area contributed by atoms with Gasteiger partial charge in [0, 0.05) is 4.88 Å². The molecule has 2 aromatic heterocycles. The molecule has 0 amide bonds. The molecule has 2 unspecified atom stereocenters. The summed E-state index contributed by atoms with van der Waals surface area (Å²) in [6.45, 7) is 4.32. The standard InChI is InChI=1S/C14H19N3OS/c1-8-5-3-4-6-11(8)18-12-10-7-9(2)19-13(10)17-14(15)16-12/h7-8,11H,3-6H2,1-2H3,(H2,15,16,17). The Kier molecular flexibility index (Phi) is 3.31. The molecule has 19 heavy (non-hydrogen) atoms. The maximum atomic E-state index is 6.15. The zero-order valence-corrected chi connectivity index (χ0v) is 12.2. The number of nitrogens with two attached hydrogens (primary N) is 1. The van der Waals surface area contributed by atoms with Crippen LogP contribution in [0.5, 0.6) is 5.88 Å². The highest BCUT2D eigenvalue weighted by Crippen LogP contribution is 2.34. The van der Waals surface area contributed by atoms with Crippen LogP contribution in [-0.4, -0.2) is 16.1 Å². The van der Waals surface area contributed by atoms with Gasteiger partial charge in [-0.3, -0.25) is 0 Å². The van der Waals surface area contributed by atoms with Gasteiger partial charge >= 0.3 is 0 Å². The SMILES string of the molecule is Cc1cc2c(OC3CCCCC3C)nc(N)nc2s1. The summed E-state index contributed by atoms with van der Waals surface area (Å²) >= 11 is 1.63. The topological polar surface area (TPSA) is 61.0 Å². The maximum Gasteiger partial charge on any atom is 0.227 e. The van der Waals surface area contributed by atoms with E-state index in [0.29, 0.717) is 17.7 Å². The van der Waals surface area contributed by atoms with Crippen molar-refractivity contribution in [3.8, 4) is 5.88 Å². The molecule has 2 heterocycles. The third-order valence-corrected chi connectivity index (χ3v) is 4.74. The van der Waals surface area contributed by atoms with E-state index in [1.807, 2.05) is 0 Å². The molecule has 1 aliphatic rings. The van der Waals surface area contributed by atoms with E-state index in [0.717, 1.165) is 16.6 Å². The number of nitrogens with zero attached hydrogens (tertiary/aromatic N) is 2. The van der Waals surface area contributed by atoms with Crippen LogP contribution < -0.4 is 10.5 Å². The van der Waals surface area contributed by atoms with Crippen LogP contribution in [0.25, 0.3) is 10.2 Å². The summed E-state index contributed by atoms with van der Waals surface area (Å²) in [7, 11) is 0. The number of thiophene rings is 1. The average molecular weight is 277 g/mol. The van der Waals surface area contributed by atoms with Gasteiger partial charge in [0.2, 0.25) is 11.8 Å². The van der Waals surface area contributed by atoms with Crippen molar-refractivity contribution in [2.75, 3.05) is 5.73 Å². The molecule has 0 radical (unpaired) electrons. The van der Waals surface area contributed by atoms with Gasteiger partial charge in [0.1, 0.15) is 10.9 Å². The number of fused-ring (bicyclic) bond motifs is 1. The van der Waals surface area contributed by atoms with Gasteiger partial charge < -0.3 is 10.5 Å². The van der Waals surface area contributed by atoms with Gasteiger partial charge in [0.25, 0.3) is 0 Å². The fourth-order valence-corrected chi connectivity index (χ4v) is 3.60. The van der Waals surface area contributed by atoms with Crippen molar-refractivity contribution < 1.29 is 4.74 Å². The van der Waals surface area contributed by atoms with E-state index in [4.69, 9.17) is 10.5 Å². The first-order valence-electron chi connectivity index (χ1n) is 6.84. The van der Waals surface area contributed by atoms with E-state index in [2.05, 4.69) is 29.9 Å². The van der Waals surface area contributed by atoms with E-state index in [1.54, 1.807) is 11.3 Å². The molecule has 0 bridgehead atoms. The lowest BCUT2D eigenvalue weighted by Crippen LogP contribution is -2.28. The molecule has 1 fully saturated rings. The van der Waals surface area contributed by atoms with Crippen LogP contribution in [0, 0.1) is 12.8 Å². The molecule has 2 aromatic rings. The molecule has 0 aromatic carbocycles. The average Bonchev–Trinajstić information content (AvgIpc) is 2.72. The Morgan fingerprint density at radius 2 is 2.11 bits per heavy atom. The monoisotopic (exact) mass is 277 g/mol. The predicted molar refractivity (Wildman–Crippen MR) is 78.6 cm³/mol. The number of ether oxygens (including phenoxy) is 1. The minimum absolute atomic E-state index is 0.256. The largest absolute Gasteiger partial charge is 0.473 e. The van der Waals surface area contributed by atoms with Crippen LogP contribution in [0.1, 0.15) is 37.5 Å². The maximum absolute atomic E-state index is 6.15. The number of aromatic nitrogens is 2. The Labute approximate surface area is 117 Å². The van der Waals surface area contributed by atoms with Gasteiger partial charge in [0.15, 0.2) is 0 Å². The summed E-state index contributed by atoms with van der Waals surface area (Å²) in [5, 5.41) is 0.995. The van der Waals surface area contributed by atoms with Crippen LogP contribution in [0.3, 0.4) is 0 Å². The lowest BCUT2D eigenvalue weighted by molar-refractivity contribution is 0.0995. The highest BCUT2D eigenvalue weighted by Gasteiger charge is 2.24. The number of nitrogen functional groups attached to an aromatic ring is 1. The smallest absolute Gasteiger partial charge is 0.227 e. The van der Waals surface area contributed by atoms with Crippen LogP contribution in [-0.2, 0) is 0 Å².